The Morgan fingerprint density at radius 1 is 0.850 bits per heavy atom. The molecule has 1 rings (SSSR count). The second-order valence-electron chi connectivity index (χ2n) is 3.67. The van der Waals surface area contributed by atoms with Gasteiger partial charge in [0.1, 0.15) is 19.0 Å². The van der Waals surface area contributed by atoms with Crippen LogP contribution in [0.25, 0.3) is 0 Å². The van der Waals surface area contributed by atoms with Crippen molar-refractivity contribution < 1.29 is 9.47 Å². The molecule has 108 valence electrons. The molecular weight excluding hydrogens is 299 g/mol. The van der Waals surface area contributed by atoms with Gasteiger partial charge in [0.15, 0.2) is 5.75 Å². The number of allylic oxidation sites excluding steroid dienone is 2. The van der Waals surface area contributed by atoms with Crippen LogP contribution in [0, 0.1) is 0 Å². The van der Waals surface area contributed by atoms with Crippen molar-refractivity contribution in [2.24, 2.45) is 0 Å². The lowest BCUT2D eigenvalue weighted by atomic mass is 10.4. The summed E-state index contributed by atoms with van der Waals surface area (Å²) in [6, 6.07) is 6.31. The van der Waals surface area contributed by atoms with Gasteiger partial charge in [0.05, 0.1) is 0 Å². The van der Waals surface area contributed by atoms with Crippen LogP contribution in [0.15, 0.2) is 53.4 Å². The van der Waals surface area contributed by atoms with E-state index in [1.807, 2.05) is 6.08 Å². The predicted octanol–water partition coefficient (Wildman–Crippen LogP) is 3.39. The average molecular weight is 315 g/mol. The van der Waals surface area contributed by atoms with Crippen molar-refractivity contribution in [1.29, 1.82) is 0 Å². The van der Waals surface area contributed by atoms with Crippen molar-refractivity contribution >= 4 is 23.2 Å². The Balaban J connectivity index is 2.65. The smallest absolute Gasteiger partial charge is 0.220 e. The van der Waals surface area contributed by atoms with Gasteiger partial charge in [-0.3, -0.25) is 4.79 Å². The SMILES string of the molecule is O=c1ccc(OCC=CCCl)ccc1OCC=CCCl. The average Bonchev–Trinajstić information content (AvgIpc) is 2.63. The molecule has 1 aromatic carbocycles. The molecule has 0 atom stereocenters. The third-order valence-electron chi connectivity index (χ3n) is 2.23. The van der Waals surface area contributed by atoms with Crippen LogP contribution in [-0.4, -0.2) is 25.0 Å². The van der Waals surface area contributed by atoms with Crippen LogP contribution in [0.4, 0.5) is 0 Å². The largest absolute Gasteiger partial charge is 0.490 e. The van der Waals surface area contributed by atoms with E-state index in [-0.39, 0.29) is 11.2 Å². The Bertz CT molecular complexity index is 513. The third-order valence-corrected chi connectivity index (χ3v) is 2.59. The molecule has 0 aromatic heterocycles. The first kappa shape index (κ1) is 16.6. The molecule has 0 bridgehead atoms. The van der Waals surface area contributed by atoms with Crippen LogP contribution < -0.4 is 14.9 Å². The minimum atomic E-state index is -0.199. The Hall–Kier alpha value is -1.45. The molecule has 20 heavy (non-hydrogen) atoms. The maximum atomic E-state index is 11.7. The van der Waals surface area contributed by atoms with E-state index in [1.165, 1.54) is 6.07 Å². The molecule has 0 amide bonds. The van der Waals surface area contributed by atoms with E-state index in [0.29, 0.717) is 30.7 Å². The van der Waals surface area contributed by atoms with Gasteiger partial charge in [-0.15, -0.1) is 23.2 Å². The molecule has 0 N–H and O–H groups in total. The van der Waals surface area contributed by atoms with Gasteiger partial charge in [0.2, 0.25) is 5.43 Å². The standard InChI is InChI=1S/C15H16Cl2O3/c16-9-1-3-11-19-13-5-7-14(18)15(8-6-13)20-12-4-2-10-17/h1-8H,9-12H2. The molecule has 0 unspecified atom stereocenters. The maximum absolute atomic E-state index is 11.7. The van der Waals surface area contributed by atoms with Crippen molar-refractivity contribution in [2.45, 2.75) is 0 Å². The van der Waals surface area contributed by atoms with E-state index < -0.39 is 0 Å². The van der Waals surface area contributed by atoms with Gasteiger partial charge in [-0.1, -0.05) is 24.3 Å². The van der Waals surface area contributed by atoms with Gasteiger partial charge in [-0.25, -0.2) is 0 Å². The summed E-state index contributed by atoms with van der Waals surface area (Å²) in [5, 5.41) is 0. The lowest BCUT2D eigenvalue weighted by Gasteiger charge is -1.99. The molecule has 3 nitrogen and oxygen atoms in total. The fourth-order valence-corrected chi connectivity index (χ4v) is 1.55. The highest BCUT2D eigenvalue weighted by Crippen LogP contribution is 2.11. The van der Waals surface area contributed by atoms with Gasteiger partial charge >= 0.3 is 0 Å². The van der Waals surface area contributed by atoms with Crippen LogP contribution in [0.2, 0.25) is 0 Å². The zero-order valence-corrected chi connectivity index (χ0v) is 12.4. The quantitative estimate of drug-likeness (QED) is 0.545. The summed E-state index contributed by atoms with van der Waals surface area (Å²) in [4.78, 5) is 11.7. The Labute approximate surface area is 128 Å². The maximum Gasteiger partial charge on any atom is 0.220 e. The first-order valence-corrected chi connectivity index (χ1v) is 7.16. The van der Waals surface area contributed by atoms with Gasteiger partial charge in [-0.05, 0) is 24.3 Å². The number of hydrogen-bond acceptors (Lipinski definition) is 3. The molecule has 0 saturated carbocycles. The van der Waals surface area contributed by atoms with E-state index >= 15 is 0 Å². The third kappa shape index (κ3) is 6.64. The zero-order chi connectivity index (χ0) is 14.6. The molecule has 0 heterocycles. The van der Waals surface area contributed by atoms with Crippen molar-refractivity contribution in [3.05, 3.63) is 58.8 Å². The van der Waals surface area contributed by atoms with Crippen LogP contribution in [0.1, 0.15) is 0 Å². The van der Waals surface area contributed by atoms with Crippen LogP contribution >= 0.6 is 23.2 Å². The number of rotatable bonds is 8. The van der Waals surface area contributed by atoms with Crippen LogP contribution in [-0.2, 0) is 0 Å². The monoisotopic (exact) mass is 314 g/mol. The number of hydrogen-bond donors (Lipinski definition) is 0. The molecule has 0 aliphatic rings. The second-order valence-corrected chi connectivity index (χ2v) is 4.29. The van der Waals surface area contributed by atoms with Crippen LogP contribution in [0.3, 0.4) is 0 Å². The highest BCUT2D eigenvalue weighted by molar-refractivity contribution is 6.19. The number of alkyl halides is 2. The summed E-state index contributed by atoms with van der Waals surface area (Å²) >= 11 is 11.0. The summed E-state index contributed by atoms with van der Waals surface area (Å²) in [6.45, 7) is 0.709. The normalized spacial score (nSPS) is 11.1. The van der Waals surface area contributed by atoms with Gasteiger partial charge < -0.3 is 9.47 Å². The summed E-state index contributed by atoms with van der Waals surface area (Å²) in [5.74, 6) is 1.73. The fourth-order valence-electron chi connectivity index (χ4n) is 1.30. The Kier molecular flexibility index (Phi) is 8.59. The van der Waals surface area contributed by atoms with E-state index in [0.717, 1.165) is 0 Å². The second kappa shape index (κ2) is 10.4. The molecule has 0 fully saturated rings. The summed E-state index contributed by atoms with van der Waals surface area (Å²) in [7, 11) is 0. The van der Waals surface area contributed by atoms with E-state index in [9.17, 15) is 4.79 Å². The Morgan fingerprint density at radius 3 is 2.10 bits per heavy atom. The first-order chi connectivity index (χ1) is 9.77. The van der Waals surface area contributed by atoms with Crippen molar-refractivity contribution in [3.63, 3.8) is 0 Å². The van der Waals surface area contributed by atoms with Crippen molar-refractivity contribution in [3.8, 4) is 11.5 Å². The summed E-state index contributed by atoms with van der Waals surface area (Å²) < 4.78 is 10.8. The number of ether oxygens (including phenoxy) is 2. The highest BCUT2D eigenvalue weighted by Gasteiger charge is 1.98. The number of halogens is 2. The first-order valence-electron chi connectivity index (χ1n) is 6.10. The predicted molar refractivity (Wildman–Crippen MR) is 83.4 cm³/mol. The molecule has 0 saturated heterocycles. The molecule has 0 radical (unpaired) electrons. The minimum absolute atomic E-state index is 0.199. The van der Waals surface area contributed by atoms with E-state index in [2.05, 4.69) is 0 Å². The van der Waals surface area contributed by atoms with Gasteiger partial charge in [0.25, 0.3) is 0 Å². The summed E-state index contributed by atoms with van der Waals surface area (Å²) in [6.07, 6.45) is 7.12. The molecule has 5 heteroatoms. The molecular formula is C15H16Cl2O3. The van der Waals surface area contributed by atoms with Gasteiger partial charge in [-0.2, -0.15) is 0 Å². The fraction of sp³-hybridized carbons (Fsp3) is 0.267. The summed E-state index contributed by atoms with van der Waals surface area (Å²) in [5.41, 5.74) is -0.199. The van der Waals surface area contributed by atoms with Crippen molar-refractivity contribution in [2.75, 3.05) is 25.0 Å². The molecule has 0 aliphatic heterocycles. The lowest BCUT2D eigenvalue weighted by molar-refractivity contribution is 0.357. The Morgan fingerprint density at radius 2 is 1.45 bits per heavy atom. The van der Waals surface area contributed by atoms with E-state index in [1.54, 1.807) is 36.4 Å². The van der Waals surface area contributed by atoms with E-state index in [4.69, 9.17) is 32.7 Å². The highest BCUT2D eigenvalue weighted by atomic mass is 35.5. The van der Waals surface area contributed by atoms with Crippen molar-refractivity contribution in [1.82, 2.24) is 0 Å². The minimum Gasteiger partial charge on any atom is -0.490 e. The molecule has 1 aromatic rings. The lowest BCUT2D eigenvalue weighted by Crippen LogP contribution is -2.04. The van der Waals surface area contributed by atoms with Crippen LogP contribution in [0.5, 0.6) is 11.5 Å². The zero-order valence-electron chi connectivity index (χ0n) is 10.9. The molecule has 0 aliphatic carbocycles. The topological polar surface area (TPSA) is 35.5 Å². The molecule has 0 spiro atoms. The van der Waals surface area contributed by atoms with Gasteiger partial charge in [0, 0.05) is 11.8 Å².